The van der Waals surface area contributed by atoms with Gasteiger partial charge in [-0.05, 0) is 56.1 Å². The lowest BCUT2D eigenvalue weighted by atomic mass is 9.96. The number of benzene rings is 1. The number of H-pyrrole nitrogens is 1. The molecule has 0 radical (unpaired) electrons. The predicted molar refractivity (Wildman–Crippen MR) is 120 cm³/mol. The summed E-state index contributed by atoms with van der Waals surface area (Å²) in [4.78, 5) is 26.5. The fourth-order valence-corrected chi connectivity index (χ4v) is 4.11. The van der Waals surface area contributed by atoms with Gasteiger partial charge in [0.1, 0.15) is 5.82 Å². The van der Waals surface area contributed by atoms with Crippen LogP contribution in [0.5, 0.6) is 11.5 Å². The maximum atomic E-state index is 12.3. The van der Waals surface area contributed by atoms with Crippen LogP contribution in [0, 0.1) is 0 Å². The summed E-state index contributed by atoms with van der Waals surface area (Å²) in [6.07, 6.45) is 5.49. The van der Waals surface area contributed by atoms with Crippen molar-refractivity contribution in [2.45, 2.75) is 32.2 Å². The van der Waals surface area contributed by atoms with Gasteiger partial charge in [0.15, 0.2) is 11.5 Å². The SMILES string of the molecule is CCOc1ccc(CN2CCCC(c3nc(-c4ccncc4)cc(=O)[nH]3)C2)cc1OC. The third kappa shape index (κ3) is 5.11. The molecular weight excluding hydrogens is 392 g/mol. The van der Waals surface area contributed by atoms with Gasteiger partial charge >= 0.3 is 0 Å². The number of nitrogens with zero attached hydrogens (tertiary/aromatic N) is 3. The second-order valence-electron chi connectivity index (χ2n) is 7.74. The molecule has 0 amide bonds. The molecule has 0 spiro atoms. The number of piperidine rings is 1. The van der Waals surface area contributed by atoms with Crippen LogP contribution in [0.15, 0.2) is 53.6 Å². The van der Waals surface area contributed by atoms with Gasteiger partial charge in [0.2, 0.25) is 0 Å². The van der Waals surface area contributed by atoms with Gasteiger partial charge in [-0.15, -0.1) is 0 Å². The number of hydrogen-bond acceptors (Lipinski definition) is 6. The van der Waals surface area contributed by atoms with Gasteiger partial charge in [0.05, 0.1) is 19.4 Å². The van der Waals surface area contributed by atoms with E-state index < -0.39 is 0 Å². The zero-order chi connectivity index (χ0) is 21.6. The predicted octanol–water partition coefficient (Wildman–Crippen LogP) is 3.62. The average Bonchev–Trinajstić information content (AvgIpc) is 2.80. The third-order valence-corrected chi connectivity index (χ3v) is 5.56. The van der Waals surface area contributed by atoms with Gasteiger partial charge in [-0.1, -0.05) is 6.07 Å². The standard InChI is InChI=1S/C24H28N4O3/c1-3-31-21-7-6-17(13-22(21)30-2)15-28-12-4-5-19(16-28)24-26-20(14-23(29)27-24)18-8-10-25-11-9-18/h6-11,13-14,19H,3-5,12,15-16H2,1-2H3,(H,26,27,29). The van der Waals surface area contributed by atoms with Crippen LogP contribution < -0.4 is 15.0 Å². The Hall–Kier alpha value is -3.19. The lowest BCUT2D eigenvalue weighted by Crippen LogP contribution is -2.35. The van der Waals surface area contributed by atoms with E-state index in [4.69, 9.17) is 14.5 Å². The monoisotopic (exact) mass is 420 g/mol. The Morgan fingerprint density at radius 1 is 1.16 bits per heavy atom. The van der Waals surface area contributed by atoms with Gasteiger partial charge < -0.3 is 14.5 Å². The molecule has 1 atom stereocenters. The molecule has 1 unspecified atom stereocenters. The summed E-state index contributed by atoms with van der Waals surface area (Å²) < 4.78 is 11.1. The molecule has 1 saturated heterocycles. The minimum Gasteiger partial charge on any atom is -0.493 e. The van der Waals surface area contributed by atoms with Crippen LogP contribution in [0.1, 0.15) is 37.1 Å². The molecule has 7 nitrogen and oxygen atoms in total. The number of methoxy groups -OCH3 is 1. The summed E-state index contributed by atoms with van der Waals surface area (Å²) in [5.41, 5.74) is 2.64. The number of ether oxygens (including phenoxy) is 2. The number of aromatic amines is 1. The molecule has 4 rings (SSSR count). The van der Waals surface area contributed by atoms with Crippen molar-refractivity contribution in [1.82, 2.24) is 19.9 Å². The highest BCUT2D eigenvalue weighted by Crippen LogP contribution is 2.30. The van der Waals surface area contributed by atoms with Crippen molar-refractivity contribution in [3.05, 3.63) is 70.5 Å². The highest BCUT2D eigenvalue weighted by Gasteiger charge is 2.24. The van der Waals surface area contributed by atoms with E-state index in [1.165, 1.54) is 5.56 Å². The first-order valence-corrected chi connectivity index (χ1v) is 10.7. The lowest BCUT2D eigenvalue weighted by molar-refractivity contribution is 0.196. The second-order valence-corrected chi connectivity index (χ2v) is 7.74. The smallest absolute Gasteiger partial charge is 0.251 e. The van der Waals surface area contributed by atoms with Gasteiger partial charge in [0, 0.05) is 43.0 Å². The normalized spacial score (nSPS) is 16.8. The van der Waals surface area contributed by atoms with Crippen molar-refractivity contribution in [2.24, 2.45) is 0 Å². The fourth-order valence-electron chi connectivity index (χ4n) is 4.11. The summed E-state index contributed by atoms with van der Waals surface area (Å²) in [6, 6.07) is 11.4. The number of nitrogens with one attached hydrogen (secondary N) is 1. The van der Waals surface area contributed by atoms with E-state index in [2.05, 4.69) is 20.9 Å². The van der Waals surface area contributed by atoms with Crippen LogP contribution in [0.3, 0.4) is 0 Å². The van der Waals surface area contributed by atoms with Crippen LogP contribution >= 0.6 is 0 Å². The molecule has 2 aromatic heterocycles. The topological polar surface area (TPSA) is 80.3 Å². The maximum absolute atomic E-state index is 12.3. The number of likely N-dealkylation sites (tertiary alicyclic amines) is 1. The maximum Gasteiger partial charge on any atom is 0.251 e. The van der Waals surface area contributed by atoms with Crippen LogP contribution in [-0.4, -0.2) is 46.7 Å². The largest absolute Gasteiger partial charge is 0.493 e. The van der Waals surface area contributed by atoms with Crippen molar-refractivity contribution >= 4 is 0 Å². The molecule has 1 fully saturated rings. The molecule has 0 saturated carbocycles. The Bertz CT molecular complexity index is 1070. The van der Waals surface area contributed by atoms with Gasteiger partial charge in [0.25, 0.3) is 5.56 Å². The quantitative estimate of drug-likeness (QED) is 0.629. The van der Waals surface area contributed by atoms with Crippen LogP contribution in [-0.2, 0) is 6.54 Å². The fraction of sp³-hybridized carbons (Fsp3) is 0.375. The van der Waals surface area contributed by atoms with Crippen molar-refractivity contribution in [1.29, 1.82) is 0 Å². The lowest BCUT2D eigenvalue weighted by Gasteiger charge is -2.32. The molecule has 1 aliphatic heterocycles. The van der Waals surface area contributed by atoms with Crippen LogP contribution in [0.25, 0.3) is 11.3 Å². The van der Waals surface area contributed by atoms with Gasteiger partial charge in [-0.3, -0.25) is 14.7 Å². The Morgan fingerprint density at radius 3 is 2.77 bits per heavy atom. The van der Waals surface area contributed by atoms with Crippen LogP contribution in [0.4, 0.5) is 0 Å². The summed E-state index contributed by atoms with van der Waals surface area (Å²) in [5, 5.41) is 0. The minimum absolute atomic E-state index is 0.120. The molecular formula is C24H28N4O3. The Labute approximate surface area is 182 Å². The minimum atomic E-state index is -0.120. The van der Waals surface area contributed by atoms with Crippen LogP contribution in [0.2, 0.25) is 0 Å². The molecule has 3 aromatic rings. The third-order valence-electron chi connectivity index (χ3n) is 5.56. The van der Waals surface area contributed by atoms with Crippen molar-refractivity contribution in [2.75, 3.05) is 26.8 Å². The summed E-state index contributed by atoms with van der Waals surface area (Å²) in [6.45, 7) is 5.24. The molecule has 0 aliphatic carbocycles. The van der Waals surface area contributed by atoms with Gasteiger partial charge in [-0.2, -0.15) is 0 Å². The highest BCUT2D eigenvalue weighted by molar-refractivity contribution is 5.57. The Balaban J connectivity index is 1.50. The number of aromatic nitrogens is 3. The van der Waals surface area contributed by atoms with E-state index in [1.54, 1.807) is 25.6 Å². The van der Waals surface area contributed by atoms with E-state index in [0.29, 0.717) is 12.3 Å². The molecule has 0 bridgehead atoms. The summed E-state index contributed by atoms with van der Waals surface area (Å²) in [7, 11) is 1.66. The van der Waals surface area contributed by atoms with Crippen molar-refractivity contribution in [3.8, 4) is 22.8 Å². The van der Waals surface area contributed by atoms with E-state index in [9.17, 15) is 4.79 Å². The summed E-state index contributed by atoms with van der Waals surface area (Å²) >= 11 is 0. The van der Waals surface area contributed by atoms with E-state index in [0.717, 1.165) is 55.4 Å². The van der Waals surface area contributed by atoms with E-state index in [-0.39, 0.29) is 11.5 Å². The zero-order valence-electron chi connectivity index (χ0n) is 18.0. The number of rotatable bonds is 7. The van der Waals surface area contributed by atoms with Crippen molar-refractivity contribution in [3.63, 3.8) is 0 Å². The molecule has 1 aliphatic rings. The first kappa shape index (κ1) is 21.1. The highest BCUT2D eigenvalue weighted by atomic mass is 16.5. The van der Waals surface area contributed by atoms with E-state index in [1.807, 2.05) is 31.2 Å². The zero-order valence-corrected chi connectivity index (χ0v) is 18.0. The van der Waals surface area contributed by atoms with Crippen molar-refractivity contribution < 1.29 is 9.47 Å². The molecule has 3 heterocycles. The Kier molecular flexibility index (Phi) is 6.62. The summed E-state index contributed by atoms with van der Waals surface area (Å²) in [5.74, 6) is 2.46. The Morgan fingerprint density at radius 2 is 2.00 bits per heavy atom. The first-order valence-electron chi connectivity index (χ1n) is 10.7. The average molecular weight is 421 g/mol. The molecule has 7 heteroatoms. The van der Waals surface area contributed by atoms with Gasteiger partial charge in [-0.25, -0.2) is 4.98 Å². The molecule has 1 aromatic carbocycles. The number of hydrogen-bond donors (Lipinski definition) is 1. The van der Waals surface area contributed by atoms with E-state index >= 15 is 0 Å². The molecule has 162 valence electrons. The first-order chi connectivity index (χ1) is 15.2. The molecule has 1 N–H and O–H groups in total. The number of pyridine rings is 1. The molecule has 31 heavy (non-hydrogen) atoms. The second kappa shape index (κ2) is 9.75.